The molecule has 1 fully saturated rings. The van der Waals surface area contributed by atoms with Crippen molar-refractivity contribution < 1.29 is 4.74 Å². The standard InChI is InChI=1S/C29H32N4O2/c1-21-9-10-22(2)27(19-21)28-25-7-4-5-8-26(25)29(34)33(30-28)20-31-15-6-16-32(18-17-31)23-11-13-24(35-3)14-12-23/h4-5,7-14,19H,6,15-18,20H2,1-3H3. The Labute approximate surface area is 206 Å². The molecule has 0 unspecified atom stereocenters. The molecule has 180 valence electrons. The molecule has 0 radical (unpaired) electrons. The van der Waals surface area contributed by atoms with Gasteiger partial charge in [-0.3, -0.25) is 9.69 Å². The van der Waals surface area contributed by atoms with Crippen LogP contribution >= 0.6 is 0 Å². The second-order valence-electron chi connectivity index (χ2n) is 9.32. The summed E-state index contributed by atoms with van der Waals surface area (Å²) in [6, 6.07) is 22.5. The smallest absolute Gasteiger partial charge is 0.275 e. The van der Waals surface area contributed by atoms with Gasteiger partial charge in [-0.05, 0) is 62.2 Å². The first-order chi connectivity index (χ1) is 17.0. The first-order valence-electron chi connectivity index (χ1n) is 12.2. The molecule has 0 aliphatic carbocycles. The summed E-state index contributed by atoms with van der Waals surface area (Å²) in [6.07, 6.45) is 1.03. The summed E-state index contributed by atoms with van der Waals surface area (Å²) in [4.78, 5) is 18.2. The van der Waals surface area contributed by atoms with Crippen molar-refractivity contribution in [3.8, 4) is 17.0 Å². The second kappa shape index (κ2) is 9.92. The van der Waals surface area contributed by atoms with Crippen molar-refractivity contribution >= 4 is 16.5 Å². The number of rotatable bonds is 5. The topological polar surface area (TPSA) is 50.6 Å². The highest BCUT2D eigenvalue weighted by atomic mass is 16.5. The van der Waals surface area contributed by atoms with Crippen molar-refractivity contribution in [1.29, 1.82) is 0 Å². The lowest BCUT2D eigenvalue weighted by Gasteiger charge is -2.24. The van der Waals surface area contributed by atoms with E-state index in [0.717, 1.165) is 60.6 Å². The SMILES string of the molecule is COc1ccc(N2CCCN(Cn3nc(-c4cc(C)ccc4C)c4ccccc4c3=O)CC2)cc1. The van der Waals surface area contributed by atoms with Gasteiger partial charge in [-0.15, -0.1) is 0 Å². The van der Waals surface area contributed by atoms with Gasteiger partial charge >= 0.3 is 0 Å². The molecule has 0 spiro atoms. The van der Waals surface area contributed by atoms with Gasteiger partial charge in [0, 0.05) is 42.8 Å². The zero-order valence-electron chi connectivity index (χ0n) is 20.7. The summed E-state index contributed by atoms with van der Waals surface area (Å²) in [5.74, 6) is 0.867. The minimum Gasteiger partial charge on any atom is -0.497 e. The van der Waals surface area contributed by atoms with Crippen molar-refractivity contribution in [2.75, 3.05) is 38.2 Å². The summed E-state index contributed by atoms with van der Waals surface area (Å²) in [5, 5.41) is 6.55. The number of hydrogen-bond acceptors (Lipinski definition) is 5. The van der Waals surface area contributed by atoms with Gasteiger partial charge in [-0.25, -0.2) is 4.68 Å². The molecule has 4 aromatic rings. The van der Waals surface area contributed by atoms with Crippen molar-refractivity contribution in [2.24, 2.45) is 0 Å². The predicted octanol–water partition coefficient (Wildman–Crippen LogP) is 4.86. The Bertz CT molecular complexity index is 1390. The van der Waals surface area contributed by atoms with Crippen molar-refractivity contribution in [2.45, 2.75) is 26.9 Å². The molecule has 35 heavy (non-hydrogen) atoms. The van der Waals surface area contributed by atoms with Crippen LogP contribution in [0.3, 0.4) is 0 Å². The Balaban J connectivity index is 1.43. The average Bonchev–Trinajstić information content (AvgIpc) is 3.13. The second-order valence-corrected chi connectivity index (χ2v) is 9.32. The minimum atomic E-state index is -0.0362. The first kappa shape index (κ1) is 23.1. The Hall–Kier alpha value is -3.64. The fraction of sp³-hybridized carbons (Fsp3) is 0.310. The number of hydrogen-bond donors (Lipinski definition) is 0. The van der Waals surface area contributed by atoms with E-state index in [9.17, 15) is 4.79 Å². The molecule has 2 heterocycles. The number of anilines is 1. The summed E-state index contributed by atoms with van der Waals surface area (Å²) >= 11 is 0. The van der Waals surface area contributed by atoms with E-state index in [1.54, 1.807) is 11.8 Å². The number of aromatic nitrogens is 2. The lowest BCUT2D eigenvalue weighted by molar-refractivity contribution is 0.217. The fourth-order valence-electron chi connectivity index (χ4n) is 4.87. The number of nitrogens with zero attached hydrogens (tertiary/aromatic N) is 4. The van der Waals surface area contributed by atoms with Crippen LogP contribution in [0.1, 0.15) is 17.5 Å². The van der Waals surface area contributed by atoms with E-state index in [4.69, 9.17) is 9.84 Å². The molecule has 1 aliphatic rings. The van der Waals surface area contributed by atoms with E-state index in [2.05, 4.69) is 54.0 Å². The molecular formula is C29H32N4O2. The Morgan fingerprint density at radius 1 is 0.886 bits per heavy atom. The maximum atomic E-state index is 13.4. The van der Waals surface area contributed by atoms with Gasteiger partial charge in [0.05, 0.1) is 24.9 Å². The van der Waals surface area contributed by atoms with Crippen molar-refractivity contribution in [1.82, 2.24) is 14.7 Å². The van der Waals surface area contributed by atoms with Crippen LogP contribution in [0.25, 0.3) is 22.0 Å². The van der Waals surface area contributed by atoms with Gasteiger partial charge in [0.15, 0.2) is 0 Å². The predicted molar refractivity (Wildman–Crippen MR) is 142 cm³/mol. The molecule has 1 aliphatic heterocycles. The van der Waals surface area contributed by atoms with Crippen LogP contribution in [0.15, 0.2) is 71.5 Å². The van der Waals surface area contributed by atoms with Gasteiger partial charge < -0.3 is 9.64 Å². The van der Waals surface area contributed by atoms with Crippen molar-refractivity contribution in [3.05, 3.63) is 88.2 Å². The summed E-state index contributed by atoms with van der Waals surface area (Å²) in [7, 11) is 1.69. The number of fused-ring (bicyclic) bond motifs is 1. The van der Waals surface area contributed by atoms with Gasteiger partial charge in [-0.2, -0.15) is 5.10 Å². The maximum absolute atomic E-state index is 13.4. The molecule has 0 amide bonds. The lowest BCUT2D eigenvalue weighted by atomic mass is 9.99. The summed E-state index contributed by atoms with van der Waals surface area (Å²) in [5.41, 5.74) is 5.45. The van der Waals surface area contributed by atoms with Crippen LogP contribution in [0.5, 0.6) is 5.75 Å². The van der Waals surface area contributed by atoms with Gasteiger partial charge in [0.2, 0.25) is 0 Å². The van der Waals surface area contributed by atoms with Crippen LogP contribution < -0.4 is 15.2 Å². The van der Waals surface area contributed by atoms with E-state index in [0.29, 0.717) is 12.1 Å². The third-order valence-electron chi connectivity index (χ3n) is 6.88. The fourth-order valence-corrected chi connectivity index (χ4v) is 4.87. The third kappa shape index (κ3) is 4.80. The molecule has 1 aromatic heterocycles. The number of methoxy groups -OCH3 is 1. The minimum absolute atomic E-state index is 0.0362. The number of ether oxygens (including phenoxy) is 1. The Kier molecular flexibility index (Phi) is 6.55. The number of aryl methyl sites for hydroxylation is 2. The van der Waals surface area contributed by atoms with E-state index >= 15 is 0 Å². The molecule has 5 rings (SSSR count). The molecule has 1 saturated heterocycles. The quantitative estimate of drug-likeness (QED) is 0.419. The zero-order valence-corrected chi connectivity index (χ0v) is 20.7. The van der Waals surface area contributed by atoms with Crippen LogP contribution in [0.4, 0.5) is 5.69 Å². The van der Waals surface area contributed by atoms with E-state index in [-0.39, 0.29) is 5.56 Å². The molecular weight excluding hydrogens is 436 g/mol. The molecule has 0 atom stereocenters. The summed E-state index contributed by atoms with van der Waals surface area (Å²) < 4.78 is 6.95. The molecule has 3 aromatic carbocycles. The van der Waals surface area contributed by atoms with Crippen molar-refractivity contribution in [3.63, 3.8) is 0 Å². The van der Waals surface area contributed by atoms with Crippen LogP contribution in [0.2, 0.25) is 0 Å². The zero-order chi connectivity index (χ0) is 24.4. The lowest BCUT2D eigenvalue weighted by Crippen LogP contribution is -2.36. The maximum Gasteiger partial charge on any atom is 0.275 e. The highest BCUT2D eigenvalue weighted by molar-refractivity contribution is 5.94. The largest absolute Gasteiger partial charge is 0.497 e. The summed E-state index contributed by atoms with van der Waals surface area (Å²) in [6.45, 7) is 8.35. The van der Waals surface area contributed by atoms with E-state index < -0.39 is 0 Å². The third-order valence-corrected chi connectivity index (χ3v) is 6.88. The monoisotopic (exact) mass is 468 g/mol. The van der Waals surface area contributed by atoms with E-state index in [1.807, 2.05) is 36.4 Å². The molecule has 0 bridgehead atoms. The molecule has 0 saturated carbocycles. The molecule has 6 heteroatoms. The average molecular weight is 469 g/mol. The van der Waals surface area contributed by atoms with Crippen LogP contribution in [-0.2, 0) is 6.67 Å². The van der Waals surface area contributed by atoms with Gasteiger partial charge in [0.25, 0.3) is 5.56 Å². The van der Waals surface area contributed by atoms with E-state index in [1.165, 1.54) is 11.3 Å². The van der Waals surface area contributed by atoms with Gasteiger partial charge in [0.1, 0.15) is 5.75 Å². The van der Waals surface area contributed by atoms with Crippen LogP contribution in [-0.4, -0.2) is 48.0 Å². The first-order valence-corrected chi connectivity index (χ1v) is 12.2. The molecule has 6 nitrogen and oxygen atoms in total. The highest BCUT2D eigenvalue weighted by Crippen LogP contribution is 2.28. The molecule has 0 N–H and O–H groups in total. The Morgan fingerprint density at radius 2 is 1.66 bits per heavy atom. The highest BCUT2D eigenvalue weighted by Gasteiger charge is 2.19. The Morgan fingerprint density at radius 3 is 2.43 bits per heavy atom. The van der Waals surface area contributed by atoms with Crippen LogP contribution in [0, 0.1) is 13.8 Å². The number of benzene rings is 3. The van der Waals surface area contributed by atoms with Gasteiger partial charge in [-0.1, -0.05) is 35.9 Å². The normalized spacial score (nSPS) is 14.8.